The number of carbonyl (C=O) groups excluding carboxylic acids is 1. The second kappa shape index (κ2) is 4.42. The van der Waals surface area contributed by atoms with E-state index in [1.807, 2.05) is 28.8 Å². The molecule has 0 aliphatic carbocycles. The van der Waals surface area contributed by atoms with Gasteiger partial charge in [-0.05, 0) is 25.0 Å². The summed E-state index contributed by atoms with van der Waals surface area (Å²) < 4.78 is 1.83. The van der Waals surface area contributed by atoms with Crippen molar-refractivity contribution in [2.75, 3.05) is 13.1 Å². The molecule has 0 unspecified atom stereocenters. The molecule has 3 heterocycles. The van der Waals surface area contributed by atoms with Gasteiger partial charge in [-0.3, -0.25) is 4.79 Å². The number of β-amino-alcohol motifs (C(OH)–C–C–N with tert-alkyl or cyclic N) is 1. The Balaban J connectivity index is 1.87. The van der Waals surface area contributed by atoms with E-state index in [0.717, 1.165) is 18.5 Å². The maximum Gasteiger partial charge on any atom is 0.274 e. The van der Waals surface area contributed by atoms with Gasteiger partial charge in [-0.2, -0.15) is 0 Å². The van der Waals surface area contributed by atoms with E-state index in [2.05, 4.69) is 4.98 Å². The van der Waals surface area contributed by atoms with Gasteiger partial charge in [-0.15, -0.1) is 0 Å². The van der Waals surface area contributed by atoms with E-state index in [4.69, 9.17) is 0 Å². The highest BCUT2D eigenvalue weighted by Crippen LogP contribution is 2.14. The summed E-state index contributed by atoms with van der Waals surface area (Å²) in [7, 11) is 0. The first kappa shape index (κ1) is 11.2. The molecule has 94 valence electrons. The van der Waals surface area contributed by atoms with Crippen LogP contribution in [0.15, 0.2) is 30.6 Å². The van der Waals surface area contributed by atoms with Crippen LogP contribution in [0.3, 0.4) is 0 Å². The average Bonchev–Trinajstić information content (AvgIpc) is 2.81. The number of piperidine rings is 1. The van der Waals surface area contributed by atoms with Gasteiger partial charge in [-0.1, -0.05) is 6.07 Å². The van der Waals surface area contributed by atoms with Gasteiger partial charge in [0.15, 0.2) is 0 Å². The van der Waals surface area contributed by atoms with Crippen molar-refractivity contribution in [3.63, 3.8) is 0 Å². The smallest absolute Gasteiger partial charge is 0.274 e. The normalized spacial score (nSPS) is 20.3. The standard InChI is InChI=1S/C13H15N3O2/c17-10-4-3-7-16(8-10)13(18)11-9-15-6-2-1-5-12(15)14-11/h1-2,5-6,9-10,17H,3-4,7-8H2/t10-/m0/s1. The molecule has 1 N–H and O–H groups in total. The first-order valence-corrected chi connectivity index (χ1v) is 6.15. The number of hydrogen-bond acceptors (Lipinski definition) is 3. The molecule has 3 rings (SSSR count). The molecular weight excluding hydrogens is 230 g/mol. The summed E-state index contributed by atoms with van der Waals surface area (Å²) in [5.74, 6) is -0.0996. The van der Waals surface area contributed by atoms with Gasteiger partial charge in [0.2, 0.25) is 0 Å². The number of nitrogens with zero attached hydrogens (tertiary/aromatic N) is 3. The number of aliphatic hydroxyl groups excluding tert-OH is 1. The zero-order valence-corrected chi connectivity index (χ0v) is 9.99. The van der Waals surface area contributed by atoms with E-state index in [1.54, 1.807) is 11.1 Å². The lowest BCUT2D eigenvalue weighted by Crippen LogP contribution is -2.42. The van der Waals surface area contributed by atoms with Crippen LogP contribution in [0, 0.1) is 0 Å². The van der Waals surface area contributed by atoms with Gasteiger partial charge >= 0.3 is 0 Å². The molecule has 0 radical (unpaired) electrons. The fraction of sp³-hybridized carbons (Fsp3) is 0.385. The number of aliphatic hydroxyl groups is 1. The molecule has 0 aromatic carbocycles. The lowest BCUT2D eigenvalue weighted by molar-refractivity contribution is 0.0469. The third kappa shape index (κ3) is 1.97. The van der Waals surface area contributed by atoms with Crippen molar-refractivity contribution in [3.05, 3.63) is 36.3 Å². The summed E-state index contributed by atoms with van der Waals surface area (Å²) in [4.78, 5) is 18.2. The third-order valence-corrected chi connectivity index (χ3v) is 3.27. The third-order valence-electron chi connectivity index (χ3n) is 3.27. The van der Waals surface area contributed by atoms with E-state index in [0.29, 0.717) is 18.8 Å². The van der Waals surface area contributed by atoms with Crippen LogP contribution in [0.25, 0.3) is 5.65 Å². The molecule has 1 aliphatic rings. The van der Waals surface area contributed by atoms with E-state index in [1.165, 1.54) is 0 Å². The highest BCUT2D eigenvalue weighted by molar-refractivity contribution is 5.93. The molecule has 1 fully saturated rings. The Kier molecular flexibility index (Phi) is 2.76. The molecule has 0 saturated carbocycles. The summed E-state index contributed by atoms with van der Waals surface area (Å²) in [6.07, 6.45) is 4.82. The van der Waals surface area contributed by atoms with Gasteiger partial charge in [0.1, 0.15) is 11.3 Å². The van der Waals surface area contributed by atoms with Crippen molar-refractivity contribution in [2.24, 2.45) is 0 Å². The van der Waals surface area contributed by atoms with Gasteiger partial charge in [0.25, 0.3) is 5.91 Å². The van der Waals surface area contributed by atoms with Crippen LogP contribution in [0.5, 0.6) is 0 Å². The topological polar surface area (TPSA) is 57.8 Å². The Hall–Kier alpha value is -1.88. The minimum atomic E-state index is -0.403. The number of rotatable bonds is 1. The van der Waals surface area contributed by atoms with Crippen molar-refractivity contribution in [1.29, 1.82) is 0 Å². The number of pyridine rings is 1. The summed E-state index contributed by atoms with van der Waals surface area (Å²) >= 11 is 0. The Morgan fingerprint density at radius 2 is 2.33 bits per heavy atom. The van der Waals surface area contributed by atoms with Crippen LogP contribution >= 0.6 is 0 Å². The Morgan fingerprint density at radius 3 is 3.11 bits per heavy atom. The monoisotopic (exact) mass is 245 g/mol. The molecule has 5 heteroatoms. The van der Waals surface area contributed by atoms with E-state index in [-0.39, 0.29) is 5.91 Å². The highest BCUT2D eigenvalue weighted by atomic mass is 16.3. The number of amides is 1. The molecule has 0 bridgehead atoms. The van der Waals surface area contributed by atoms with Crippen molar-refractivity contribution < 1.29 is 9.90 Å². The van der Waals surface area contributed by atoms with Gasteiger partial charge in [0, 0.05) is 25.5 Å². The molecule has 2 aromatic heterocycles. The molecule has 1 aliphatic heterocycles. The molecule has 1 amide bonds. The molecule has 1 saturated heterocycles. The fourth-order valence-electron chi connectivity index (χ4n) is 2.34. The number of likely N-dealkylation sites (tertiary alicyclic amines) is 1. The Morgan fingerprint density at radius 1 is 1.44 bits per heavy atom. The molecule has 2 aromatic rings. The van der Waals surface area contributed by atoms with Crippen LogP contribution in [-0.2, 0) is 0 Å². The first-order chi connectivity index (χ1) is 8.74. The van der Waals surface area contributed by atoms with Crippen molar-refractivity contribution in [1.82, 2.24) is 14.3 Å². The molecule has 0 spiro atoms. The largest absolute Gasteiger partial charge is 0.391 e. The zero-order valence-electron chi connectivity index (χ0n) is 9.99. The average molecular weight is 245 g/mol. The quantitative estimate of drug-likeness (QED) is 0.813. The lowest BCUT2D eigenvalue weighted by atomic mass is 10.1. The fourth-order valence-corrected chi connectivity index (χ4v) is 2.34. The first-order valence-electron chi connectivity index (χ1n) is 6.15. The molecule has 1 atom stereocenters. The maximum absolute atomic E-state index is 12.3. The number of aromatic nitrogens is 2. The van der Waals surface area contributed by atoms with Crippen LogP contribution < -0.4 is 0 Å². The Labute approximate surface area is 105 Å². The van der Waals surface area contributed by atoms with Crippen molar-refractivity contribution >= 4 is 11.6 Å². The lowest BCUT2D eigenvalue weighted by Gasteiger charge is -2.29. The summed E-state index contributed by atoms with van der Waals surface area (Å²) in [6, 6.07) is 5.65. The minimum Gasteiger partial charge on any atom is -0.391 e. The second-order valence-corrected chi connectivity index (χ2v) is 4.64. The number of carbonyl (C=O) groups is 1. The number of hydrogen-bond donors (Lipinski definition) is 1. The van der Waals surface area contributed by atoms with Gasteiger partial charge in [-0.25, -0.2) is 4.98 Å². The van der Waals surface area contributed by atoms with Gasteiger partial charge in [0.05, 0.1) is 6.10 Å². The predicted molar refractivity (Wildman–Crippen MR) is 66.3 cm³/mol. The number of imidazole rings is 1. The predicted octanol–water partition coefficient (Wildman–Crippen LogP) is 0.931. The second-order valence-electron chi connectivity index (χ2n) is 4.64. The summed E-state index contributed by atoms with van der Waals surface area (Å²) in [5, 5.41) is 9.60. The van der Waals surface area contributed by atoms with E-state index >= 15 is 0 Å². The van der Waals surface area contributed by atoms with Crippen LogP contribution in [-0.4, -0.2) is 44.5 Å². The molecule has 5 nitrogen and oxygen atoms in total. The zero-order chi connectivity index (χ0) is 12.5. The minimum absolute atomic E-state index is 0.0996. The maximum atomic E-state index is 12.3. The molecule has 18 heavy (non-hydrogen) atoms. The summed E-state index contributed by atoms with van der Waals surface area (Å²) in [5.41, 5.74) is 1.20. The Bertz CT molecular complexity index is 545. The summed E-state index contributed by atoms with van der Waals surface area (Å²) in [6.45, 7) is 1.11. The highest BCUT2D eigenvalue weighted by Gasteiger charge is 2.24. The van der Waals surface area contributed by atoms with Gasteiger partial charge < -0.3 is 14.4 Å². The van der Waals surface area contributed by atoms with Crippen molar-refractivity contribution in [3.8, 4) is 0 Å². The molecular formula is C13H15N3O2. The van der Waals surface area contributed by atoms with Crippen LogP contribution in [0.1, 0.15) is 23.3 Å². The van der Waals surface area contributed by atoms with E-state index < -0.39 is 6.10 Å². The number of fused-ring (bicyclic) bond motifs is 1. The van der Waals surface area contributed by atoms with Crippen LogP contribution in [0.2, 0.25) is 0 Å². The SMILES string of the molecule is O=C(c1cn2ccccc2n1)N1CCC[C@H](O)C1. The van der Waals surface area contributed by atoms with Crippen molar-refractivity contribution in [2.45, 2.75) is 18.9 Å². The van der Waals surface area contributed by atoms with Crippen LogP contribution in [0.4, 0.5) is 0 Å². The van der Waals surface area contributed by atoms with E-state index in [9.17, 15) is 9.90 Å².